The van der Waals surface area contributed by atoms with Crippen molar-refractivity contribution in [2.75, 3.05) is 18.9 Å². The van der Waals surface area contributed by atoms with Gasteiger partial charge in [-0.25, -0.2) is 14.8 Å². The molecule has 0 fully saturated rings. The molecule has 0 saturated carbocycles. The minimum absolute atomic E-state index is 0.0125. The molecule has 0 aliphatic carbocycles. The molecule has 1 aromatic carbocycles. The van der Waals surface area contributed by atoms with Crippen LogP contribution in [0.25, 0.3) is 0 Å². The van der Waals surface area contributed by atoms with Crippen LogP contribution in [0.15, 0.2) is 36.7 Å². The van der Waals surface area contributed by atoms with Crippen molar-refractivity contribution in [1.29, 1.82) is 0 Å². The summed E-state index contributed by atoms with van der Waals surface area (Å²) in [6.07, 6.45) is 3.76. The van der Waals surface area contributed by atoms with E-state index in [1.165, 1.54) is 17.3 Å². The highest BCUT2D eigenvalue weighted by Crippen LogP contribution is 2.22. The molecule has 128 valence electrons. The normalized spacial score (nSPS) is 13.0. The summed E-state index contributed by atoms with van der Waals surface area (Å²) in [7, 11) is 0. The second kappa shape index (κ2) is 7.08. The third-order valence-electron chi connectivity index (χ3n) is 3.81. The number of anilines is 1. The minimum atomic E-state index is -0.647. The predicted molar refractivity (Wildman–Crippen MR) is 87.8 cm³/mol. The molecule has 0 bridgehead atoms. The Morgan fingerprint density at radius 1 is 1.04 bits per heavy atom. The van der Waals surface area contributed by atoms with Crippen LogP contribution < -0.4 is 5.73 Å². The van der Waals surface area contributed by atoms with Crippen LogP contribution in [0.3, 0.4) is 0 Å². The van der Waals surface area contributed by atoms with Gasteiger partial charge in [-0.3, -0.25) is 14.5 Å². The number of amides is 2. The standard InChI is InChI=1S/C17H16N4O4/c18-14-13(19-7-8-20-14)17(24)25-10-4-3-9-21-15(22)11-5-1-2-6-12(11)16(21)23/h1-2,5-8H,3-4,9-10H2,(H2,18,20). The molecular formula is C17H16N4O4. The number of nitrogens with two attached hydrogens (primary N) is 1. The summed E-state index contributed by atoms with van der Waals surface area (Å²) in [5.74, 6) is -1.21. The van der Waals surface area contributed by atoms with Crippen molar-refractivity contribution in [3.8, 4) is 0 Å². The largest absolute Gasteiger partial charge is 0.461 e. The van der Waals surface area contributed by atoms with E-state index in [1.807, 2.05) is 0 Å². The van der Waals surface area contributed by atoms with Crippen LogP contribution in [0.1, 0.15) is 44.0 Å². The van der Waals surface area contributed by atoms with E-state index in [0.717, 1.165) is 0 Å². The Kier molecular flexibility index (Phi) is 4.69. The molecule has 3 rings (SSSR count). The lowest BCUT2D eigenvalue weighted by Crippen LogP contribution is -2.30. The van der Waals surface area contributed by atoms with E-state index in [0.29, 0.717) is 24.0 Å². The van der Waals surface area contributed by atoms with Gasteiger partial charge in [-0.15, -0.1) is 0 Å². The van der Waals surface area contributed by atoms with Gasteiger partial charge in [-0.1, -0.05) is 12.1 Å². The highest BCUT2D eigenvalue weighted by molar-refractivity contribution is 6.21. The first-order chi connectivity index (χ1) is 12.1. The van der Waals surface area contributed by atoms with Gasteiger partial charge in [0.2, 0.25) is 0 Å². The van der Waals surface area contributed by atoms with Gasteiger partial charge < -0.3 is 10.5 Å². The van der Waals surface area contributed by atoms with E-state index in [9.17, 15) is 14.4 Å². The van der Waals surface area contributed by atoms with Crippen molar-refractivity contribution >= 4 is 23.6 Å². The Balaban J connectivity index is 1.45. The number of esters is 1. The summed E-state index contributed by atoms with van der Waals surface area (Å²) in [6, 6.07) is 6.74. The van der Waals surface area contributed by atoms with Crippen LogP contribution in [0, 0.1) is 0 Å². The van der Waals surface area contributed by atoms with E-state index >= 15 is 0 Å². The summed E-state index contributed by atoms with van der Waals surface area (Å²) >= 11 is 0. The molecule has 25 heavy (non-hydrogen) atoms. The van der Waals surface area contributed by atoms with Crippen LogP contribution in [0.2, 0.25) is 0 Å². The maximum Gasteiger partial charge on any atom is 0.360 e. The lowest BCUT2D eigenvalue weighted by atomic mass is 10.1. The zero-order valence-corrected chi connectivity index (χ0v) is 13.3. The van der Waals surface area contributed by atoms with Crippen LogP contribution in [0.4, 0.5) is 5.82 Å². The monoisotopic (exact) mass is 340 g/mol. The van der Waals surface area contributed by atoms with E-state index in [1.54, 1.807) is 24.3 Å². The van der Waals surface area contributed by atoms with E-state index in [-0.39, 0.29) is 36.5 Å². The van der Waals surface area contributed by atoms with Gasteiger partial charge in [0, 0.05) is 18.9 Å². The fourth-order valence-electron chi connectivity index (χ4n) is 2.55. The van der Waals surface area contributed by atoms with Gasteiger partial charge in [-0.2, -0.15) is 0 Å². The lowest BCUT2D eigenvalue weighted by molar-refractivity contribution is 0.0480. The highest BCUT2D eigenvalue weighted by Gasteiger charge is 2.34. The Morgan fingerprint density at radius 2 is 1.68 bits per heavy atom. The van der Waals surface area contributed by atoms with Gasteiger partial charge in [0.05, 0.1) is 17.7 Å². The summed E-state index contributed by atoms with van der Waals surface area (Å²) in [4.78, 5) is 45.0. The fourth-order valence-corrected chi connectivity index (χ4v) is 2.55. The second-order valence-corrected chi connectivity index (χ2v) is 5.44. The van der Waals surface area contributed by atoms with E-state index < -0.39 is 5.97 Å². The molecule has 1 aromatic heterocycles. The number of rotatable bonds is 6. The van der Waals surface area contributed by atoms with Crippen LogP contribution >= 0.6 is 0 Å². The molecule has 2 aromatic rings. The summed E-state index contributed by atoms with van der Waals surface area (Å²) in [5, 5.41) is 0. The van der Waals surface area contributed by atoms with Gasteiger partial charge in [0.1, 0.15) is 0 Å². The third kappa shape index (κ3) is 3.32. The summed E-state index contributed by atoms with van der Waals surface area (Å²) in [5.41, 5.74) is 6.38. The Labute approximate surface area is 143 Å². The number of unbranched alkanes of at least 4 members (excludes halogenated alkanes) is 1. The van der Waals surface area contributed by atoms with E-state index in [4.69, 9.17) is 10.5 Å². The molecule has 0 spiro atoms. The average molecular weight is 340 g/mol. The minimum Gasteiger partial charge on any atom is -0.461 e. The maximum atomic E-state index is 12.2. The van der Waals surface area contributed by atoms with Crippen molar-refractivity contribution in [2.24, 2.45) is 0 Å². The van der Waals surface area contributed by atoms with Gasteiger partial charge in [0.15, 0.2) is 11.5 Å². The smallest absolute Gasteiger partial charge is 0.360 e. The van der Waals surface area contributed by atoms with Gasteiger partial charge >= 0.3 is 5.97 Å². The Hall–Kier alpha value is -3.29. The van der Waals surface area contributed by atoms with Crippen LogP contribution in [0.5, 0.6) is 0 Å². The number of ether oxygens (including phenoxy) is 1. The SMILES string of the molecule is Nc1nccnc1C(=O)OCCCCN1C(=O)c2ccccc2C1=O. The van der Waals surface area contributed by atoms with Crippen molar-refractivity contribution in [3.05, 3.63) is 53.5 Å². The number of nitrogen functional groups attached to an aromatic ring is 1. The van der Waals surface area contributed by atoms with Gasteiger partial charge in [-0.05, 0) is 25.0 Å². The van der Waals surface area contributed by atoms with Crippen LogP contribution in [-0.4, -0.2) is 45.8 Å². The number of nitrogens with zero attached hydrogens (tertiary/aromatic N) is 3. The number of fused-ring (bicyclic) bond motifs is 1. The number of imide groups is 1. The molecule has 0 radical (unpaired) electrons. The zero-order chi connectivity index (χ0) is 17.8. The predicted octanol–water partition coefficient (Wildman–Crippen LogP) is 1.29. The molecule has 2 N–H and O–H groups in total. The first-order valence-electron chi connectivity index (χ1n) is 7.78. The molecule has 0 saturated heterocycles. The van der Waals surface area contributed by atoms with Crippen LogP contribution in [-0.2, 0) is 4.74 Å². The van der Waals surface area contributed by atoms with Gasteiger partial charge in [0.25, 0.3) is 11.8 Å². The van der Waals surface area contributed by atoms with Crippen molar-refractivity contribution < 1.29 is 19.1 Å². The highest BCUT2D eigenvalue weighted by atomic mass is 16.5. The molecule has 1 aliphatic rings. The molecule has 8 heteroatoms. The van der Waals surface area contributed by atoms with E-state index in [2.05, 4.69) is 9.97 Å². The zero-order valence-electron chi connectivity index (χ0n) is 13.3. The number of carbonyl (C=O) groups is 3. The molecule has 1 aliphatic heterocycles. The number of hydrogen-bond acceptors (Lipinski definition) is 7. The number of benzene rings is 1. The van der Waals surface area contributed by atoms with Crippen molar-refractivity contribution in [2.45, 2.75) is 12.8 Å². The summed E-state index contributed by atoms with van der Waals surface area (Å²) < 4.78 is 5.08. The fraction of sp³-hybridized carbons (Fsp3) is 0.235. The first-order valence-corrected chi connectivity index (χ1v) is 7.78. The lowest BCUT2D eigenvalue weighted by Gasteiger charge is -2.13. The maximum absolute atomic E-state index is 12.2. The Bertz CT molecular complexity index is 802. The molecule has 2 amide bonds. The Morgan fingerprint density at radius 3 is 2.32 bits per heavy atom. The first kappa shape index (κ1) is 16.6. The van der Waals surface area contributed by atoms with Crippen molar-refractivity contribution in [3.63, 3.8) is 0 Å². The molecule has 2 heterocycles. The molecular weight excluding hydrogens is 324 g/mol. The number of aromatic nitrogens is 2. The van der Waals surface area contributed by atoms with Crippen molar-refractivity contribution in [1.82, 2.24) is 14.9 Å². The topological polar surface area (TPSA) is 115 Å². The summed E-state index contributed by atoms with van der Waals surface area (Å²) in [6.45, 7) is 0.412. The quantitative estimate of drug-likeness (QED) is 0.478. The molecule has 0 atom stereocenters. The second-order valence-electron chi connectivity index (χ2n) is 5.44. The number of hydrogen-bond donors (Lipinski definition) is 1. The third-order valence-corrected chi connectivity index (χ3v) is 3.81. The molecule has 8 nitrogen and oxygen atoms in total. The number of carbonyl (C=O) groups excluding carboxylic acids is 3. The average Bonchev–Trinajstić information content (AvgIpc) is 2.86. The molecule has 0 unspecified atom stereocenters.